The topological polar surface area (TPSA) is 110 Å². The molecule has 0 amide bonds. The van der Waals surface area contributed by atoms with E-state index < -0.39 is 22.0 Å². The van der Waals surface area contributed by atoms with E-state index in [1.807, 2.05) is 0 Å². The molecule has 2 rings (SSSR count). The number of carbonyl (C=O) groups is 1. The molecular weight excluding hydrogens is 298 g/mol. The van der Waals surface area contributed by atoms with Gasteiger partial charge in [0.1, 0.15) is 6.04 Å². The zero-order valence-corrected chi connectivity index (χ0v) is 12.5. The molecule has 0 saturated carbocycles. The van der Waals surface area contributed by atoms with Crippen LogP contribution in [0.25, 0.3) is 11.0 Å². The van der Waals surface area contributed by atoms with Crippen molar-refractivity contribution in [2.75, 3.05) is 0 Å². The number of nitrogens with one attached hydrogen (secondary N) is 1. The van der Waals surface area contributed by atoms with Gasteiger partial charge in [-0.05, 0) is 25.1 Å². The van der Waals surface area contributed by atoms with E-state index in [1.54, 1.807) is 7.05 Å². The smallest absolute Gasteiger partial charge is 0.328 e. The molecule has 1 heterocycles. The van der Waals surface area contributed by atoms with Gasteiger partial charge in [-0.3, -0.25) is 13.9 Å². The molecule has 0 radical (unpaired) electrons. The fraction of sp³-hybridized carbons (Fsp3) is 0.333. The fourth-order valence-electron chi connectivity index (χ4n) is 2.00. The summed E-state index contributed by atoms with van der Waals surface area (Å²) in [7, 11) is -0.849. The maximum absolute atomic E-state index is 12.1. The van der Waals surface area contributed by atoms with Crippen molar-refractivity contribution in [1.29, 1.82) is 0 Å². The van der Waals surface area contributed by atoms with Gasteiger partial charge >= 0.3 is 11.7 Å². The maximum atomic E-state index is 12.1. The highest BCUT2D eigenvalue weighted by molar-refractivity contribution is 7.89. The summed E-state index contributed by atoms with van der Waals surface area (Å²) in [4.78, 5) is 22.5. The van der Waals surface area contributed by atoms with Crippen molar-refractivity contribution in [2.45, 2.75) is 17.9 Å². The first kappa shape index (κ1) is 15.3. The minimum atomic E-state index is -3.97. The predicted octanol–water partition coefficient (Wildman–Crippen LogP) is -0.372. The van der Waals surface area contributed by atoms with E-state index in [-0.39, 0.29) is 10.6 Å². The second-order valence-corrected chi connectivity index (χ2v) is 6.45. The number of nitrogens with zero attached hydrogens (tertiary/aromatic N) is 2. The monoisotopic (exact) mass is 313 g/mol. The van der Waals surface area contributed by atoms with E-state index >= 15 is 0 Å². The van der Waals surface area contributed by atoms with Crippen molar-refractivity contribution in [1.82, 2.24) is 13.9 Å². The fourth-order valence-corrected chi connectivity index (χ4v) is 3.22. The average Bonchev–Trinajstić information content (AvgIpc) is 2.63. The number of fused-ring (bicyclic) bond motifs is 1. The van der Waals surface area contributed by atoms with Crippen molar-refractivity contribution in [3.05, 3.63) is 28.7 Å². The molecule has 2 N–H and O–H groups in total. The Hall–Kier alpha value is -2.13. The number of aryl methyl sites for hydroxylation is 2. The van der Waals surface area contributed by atoms with Crippen molar-refractivity contribution < 1.29 is 18.3 Å². The number of aromatic nitrogens is 2. The summed E-state index contributed by atoms with van der Waals surface area (Å²) in [6.07, 6.45) is 0. The molecule has 0 saturated heterocycles. The summed E-state index contributed by atoms with van der Waals surface area (Å²) in [6, 6.07) is 2.94. The van der Waals surface area contributed by atoms with E-state index in [0.29, 0.717) is 11.0 Å². The summed E-state index contributed by atoms with van der Waals surface area (Å²) < 4.78 is 29.0. The van der Waals surface area contributed by atoms with E-state index in [4.69, 9.17) is 5.11 Å². The van der Waals surface area contributed by atoms with Crippen LogP contribution in [0.1, 0.15) is 6.92 Å². The normalized spacial score (nSPS) is 13.5. The SMILES string of the molecule is C[C@@H](NS(=O)(=O)c1ccc2c(c1)n(C)c(=O)n2C)C(=O)O. The Bertz CT molecular complexity index is 878. The Labute approximate surface area is 120 Å². The summed E-state index contributed by atoms with van der Waals surface area (Å²) in [5.74, 6) is -1.27. The summed E-state index contributed by atoms with van der Waals surface area (Å²) in [5, 5.41) is 8.77. The Morgan fingerprint density at radius 1 is 1.24 bits per heavy atom. The van der Waals surface area contributed by atoms with Crippen LogP contribution in [0.4, 0.5) is 0 Å². The lowest BCUT2D eigenvalue weighted by Crippen LogP contribution is -2.38. The van der Waals surface area contributed by atoms with Gasteiger partial charge in [-0.25, -0.2) is 13.2 Å². The molecule has 9 heteroatoms. The summed E-state index contributed by atoms with van der Waals surface area (Å²) in [5.41, 5.74) is 0.771. The third kappa shape index (κ3) is 2.57. The third-order valence-electron chi connectivity index (χ3n) is 3.26. The van der Waals surface area contributed by atoms with Gasteiger partial charge in [-0.15, -0.1) is 0 Å². The average molecular weight is 313 g/mol. The van der Waals surface area contributed by atoms with Crippen LogP contribution >= 0.6 is 0 Å². The minimum Gasteiger partial charge on any atom is -0.480 e. The van der Waals surface area contributed by atoms with Gasteiger partial charge in [0.2, 0.25) is 10.0 Å². The predicted molar refractivity (Wildman–Crippen MR) is 75.6 cm³/mol. The number of hydrogen-bond donors (Lipinski definition) is 2. The van der Waals surface area contributed by atoms with E-state index in [0.717, 1.165) is 0 Å². The lowest BCUT2D eigenvalue weighted by Gasteiger charge is -2.10. The molecule has 0 bridgehead atoms. The largest absolute Gasteiger partial charge is 0.480 e. The van der Waals surface area contributed by atoms with Crippen LogP contribution < -0.4 is 10.4 Å². The molecule has 8 nitrogen and oxygen atoms in total. The second-order valence-electron chi connectivity index (χ2n) is 4.73. The third-order valence-corrected chi connectivity index (χ3v) is 4.79. The molecule has 0 aliphatic heterocycles. The molecule has 0 unspecified atom stereocenters. The molecule has 114 valence electrons. The van der Waals surface area contributed by atoms with Gasteiger partial charge in [-0.1, -0.05) is 0 Å². The standard InChI is InChI=1S/C12H15N3O5S/c1-7(11(16)17)13-21(19,20)8-4-5-9-10(6-8)15(3)12(18)14(9)2/h4-7,13H,1-3H3,(H,16,17)/t7-/m1/s1. The van der Waals surface area contributed by atoms with E-state index in [1.165, 1.54) is 41.3 Å². The quantitative estimate of drug-likeness (QED) is 0.800. The summed E-state index contributed by atoms with van der Waals surface area (Å²) in [6.45, 7) is 1.23. The van der Waals surface area contributed by atoms with Crippen molar-refractivity contribution in [2.24, 2.45) is 14.1 Å². The number of hydrogen-bond acceptors (Lipinski definition) is 4. The van der Waals surface area contributed by atoms with Gasteiger partial charge in [0.25, 0.3) is 0 Å². The molecule has 0 fully saturated rings. The van der Waals surface area contributed by atoms with Gasteiger partial charge in [0.15, 0.2) is 0 Å². The minimum absolute atomic E-state index is 0.0932. The molecular formula is C12H15N3O5S. The van der Waals surface area contributed by atoms with Crippen LogP contribution in [-0.4, -0.2) is 34.7 Å². The first-order chi connectivity index (χ1) is 9.65. The number of aliphatic carboxylic acids is 1. The molecule has 2 aromatic rings. The first-order valence-corrected chi connectivity index (χ1v) is 7.54. The second kappa shape index (κ2) is 5.01. The molecule has 0 aliphatic rings. The van der Waals surface area contributed by atoms with Crippen molar-refractivity contribution in [3.8, 4) is 0 Å². The maximum Gasteiger partial charge on any atom is 0.328 e. The molecule has 1 aromatic carbocycles. The zero-order chi connectivity index (χ0) is 15.9. The Balaban J connectivity index is 2.55. The number of imidazole rings is 1. The summed E-state index contributed by atoms with van der Waals surface area (Å²) >= 11 is 0. The molecule has 0 spiro atoms. The number of benzene rings is 1. The van der Waals surface area contributed by atoms with E-state index in [9.17, 15) is 18.0 Å². The molecule has 21 heavy (non-hydrogen) atoms. The van der Waals surface area contributed by atoms with Crippen LogP contribution in [0.2, 0.25) is 0 Å². The lowest BCUT2D eigenvalue weighted by atomic mass is 10.3. The van der Waals surface area contributed by atoms with E-state index in [2.05, 4.69) is 4.72 Å². The van der Waals surface area contributed by atoms with Crippen LogP contribution in [0, 0.1) is 0 Å². The number of sulfonamides is 1. The molecule has 1 aromatic heterocycles. The van der Waals surface area contributed by atoms with Gasteiger partial charge in [0, 0.05) is 14.1 Å². The van der Waals surface area contributed by atoms with Crippen molar-refractivity contribution >= 4 is 27.0 Å². The molecule has 0 aliphatic carbocycles. The van der Waals surface area contributed by atoms with Crippen LogP contribution in [0.5, 0.6) is 0 Å². The lowest BCUT2D eigenvalue weighted by molar-refractivity contribution is -0.138. The highest BCUT2D eigenvalue weighted by Gasteiger charge is 2.22. The number of carboxylic acids is 1. The zero-order valence-electron chi connectivity index (χ0n) is 11.7. The van der Waals surface area contributed by atoms with Crippen LogP contribution in [-0.2, 0) is 28.9 Å². The highest BCUT2D eigenvalue weighted by Crippen LogP contribution is 2.17. The van der Waals surface area contributed by atoms with Gasteiger partial charge in [0.05, 0.1) is 15.9 Å². The highest BCUT2D eigenvalue weighted by atomic mass is 32.2. The van der Waals surface area contributed by atoms with Crippen LogP contribution in [0.15, 0.2) is 27.9 Å². The number of rotatable bonds is 4. The number of carboxylic acid groups (broad SMARTS) is 1. The van der Waals surface area contributed by atoms with Gasteiger partial charge < -0.3 is 5.11 Å². The first-order valence-electron chi connectivity index (χ1n) is 6.06. The van der Waals surface area contributed by atoms with Crippen molar-refractivity contribution in [3.63, 3.8) is 0 Å². The Kier molecular flexibility index (Phi) is 3.64. The van der Waals surface area contributed by atoms with Gasteiger partial charge in [-0.2, -0.15) is 4.72 Å². The Morgan fingerprint density at radius 2 is 1.81 bits per heavy atom. The van der Waals surface area contributed by atoms with Crippen LogP contribution in [0.3, 0.4) is 0 Å². The molecule has 1 atom stereocenters. The Morgan fingerprint density at radius 3 is 2.38 bits per heavy atom.